The van der Waals surface area contributed by atoms with E-state index >= 15 is 0 Å². The third-order valence-corrected chi connectivity index (χ3v) is 5.31. The van der Waals surface area contributed by atoms with Crippen molar-refractivity contribution in [2.45, 2.75) is 5.41 Å². The summed E-state index contributed by atoms with van der Waals surface area (Å²) in [5, 5.41) is 2.21. The molecular weight excluding hydrogens is 304 g/mol. The smallest absolute Gasteiger partial charge is 0.182 e. The quantitative estimate of drug-likeness (QED) is 0.485. The summed E-state index contributed by atoms with van der Waals surface area (Å²) in [4.78, 5) is 13.8. The molecule has 0 spiro atoms. The standard InChI is InChI=1S/C24H16O/c25-23-20-15-7-9-17-10-8-16-21(22(17)20)24(23,18-11-3-1-4-12-18)19-13-5-2-6-14-19/h1-16H. The van der Waals surface area contributed by atoms with Gasteiger partial charge in [-0.25, -0.2) is 0 Å². The number of Topliss-reactive ketones (excluding diaryl/α,β-unsaturated/α-hetero) is 1. The predicted molar refractivity (Wildman–Crippen MR) is 101 cm³/mol. The molecule has 0 aromatic heterocycles. The minimum atomic E-state index is -0.772. The molecule has 0 saturated heterocycles. The van der Waals surface area contributed by atoms with Crippen molar-refractivity contribution in [3.8, 4) is 0 Å². The molecule has 0 heterocycles. The van der Waals surface area contributed by atoms with Crippen molar-refractivity contribution in [2.75, 3.05) is 0 Å². The van der Waals surface area contributed by atoms with Crippen LogP contribution in [-0.2, 0) is 5.41 Å². The highest BCUT2D eigenvalue weighted by Gasteiger charge is 2.49. The van der Waals surface area contributed by atoms with Crippen molar-refractivity contribution in [1.29, 1.82) is 0 Å². The molecule has 4 aromatic carbocycles. The first-order valence-electron chi connectivity index (χ1n) is 8.51. The van der Waals surface area contributed by atoms with Crippen LogP contribution in [0.1, 0.15) is 27.0 Å². The molecule has 5 rings (SSSR count). The fraction of sp³-hybridized carbons (Fsp3) is 0.0417. The first kappa shape index (κ1) is 14.2. The molecule has 0 amide bonds. The fourth-order valence-corrected chi connectivity index (χ4v) is 4.28. The Bertz CT molecular complexity index is 1050. The van der Waals surface area contributed by atoms with E-state index in [1.165, 1.54) is 0 Å². The summed E-state index contributed by atoms with van der Waals surface area (Å²) >= 11 is 0. The van der Waals surface area contributed by atoms with Crippen LogP contribution in [0.3, 0.4) is 0 Å². The lowest BCUT2D eigenvalue weighted by Gasteiger charge is -2.30. The van der Waals surface area contributed by atoms with Crippen LogP contribution in [-0.4, -0.2) is 5.78 Å². The number of ketones is 1. The van der Waals surface area contributed by atoms with Gasteiger partial charge in [0.25, 0.3) is 0 Å². The van der Waals surface area contributed by atoms with Gasteiger partial charge in [0.1, 0.15) is 5.41 Å². The van der Waals surface area contributed by atoms with Crippen LogP contribution >= 0.6 is 0 Å². The van der Waals surface area contributed by atoms with E-state index < -0.39 is 5.41 Å². The zero-order valence-corrected chi connectivity index (χ0v) is 13.6. The van der Waals surface area contributed by atoms with E-state index in [1.54, 1.807) is 0 Å². The number of hydrogen-bond acceptors (Lipinski definition) is 1. The third-order valence-electron chi connectivity index (χ3n) is 5.31. The molecule has 0 atom stereocenters. The second kappa shape index (κ2) is 5.15. The van der Waals surface area contributed by atoms with Crippen LogP contribution in [0.5, 0.6) is 0 Å². The van der Waals surface area contributed by atoms with E-state index in [1.807, 2.05) is 48.5 Å². The van der Waals surface area contributed by atoms with E-state index in [0.717, 1.165) is 33.0 Å². The van der Waals surface area contributed by atoms with E-state index in [4.69, 9.17) is 0 Å². The number of carbonyl (C=O) groups is 1. The van der Waals surface area contributed by atoms with Gasteiger partial charge in [-0.2, -0.15) is 0 Å². The van der Waals surface area contributed by atoms with Gasteiger partial charge >= 0.3 is 0 Å². The summed E-state index contributed by atoms with van der Waals surface area (Å²) in [5.74, 6) is 0.164. The Morgan fingerprint density at radius 3 is 1.72 bits per heavy atom. The normalized spacial score (nSPS) is 14.8. The van der Waals surface area contributed by atoms with Gasteiger partial charge in [-0.1, -0.05) is 97.1 Å². The first-order chi connectivity index (χ1) is 12.3. The van der Waals surface area contributed by atoms with Crippen LogP contribution in [0.2, 0.25) is 0 Å². The van der Waals surface area contributed by atoms with E-state index in [-0.39, 0.29) is 5.78 Å². The third kappa shape index (κ3) is 1.75. The maximum absolute atomic E-state index is 13.8. The Labute approximate surface area is 146 Å². The predicted octanol–water partition coefficient (Wildman–Crippen LogP) is 5.37. The minimum Gasteiger partial charge on any atom is -0.292 e. The Kier molecular flexibility index (Phi) is 2.92. The van der Waals surface area contributed by atoms with Crippen LogP contribution in [0.25, 0.3) is 10.8 Å². The number of rotatable bonds is 2. The summed E-state index contributed by atoms with van der Waals surface area (Å²) in [6.45, 7) is 0. The molecule has 0 N–H and O–H groups in total. The van der Waals surface area contributed by atoms with Gasteiger partial charge in [0.15, 0.2) is 5.78 Å². The zero-order valence-electron chi connectivity index (χ0n) is 13.6. The van der Waals surface area contributed by atoms with Crippen LogP contribution in [0.4, 0.5) is 0 Å². The largest absolute Gasteiger partial charge is 0.292 e. The molecule has 1 aliphatic carbocycles. The van der Waals surface area contributed by atoms with Crippen molar-refractivity contribution in [3.05, 3.63) is 119 Å². The summed E-state index contributed by atoms with van der Waals surface area (Å²) < 4.78 is 0. The van der Waals surface area contributed by atoms with Gasteiger partial charge in [-0.3, -0.25) is 4.79 Å². The van der Waals surface area contributed by atoms with Gasteiger partial charge < -0.3 is 0 Å². The number of benzene rings is 4. The molecule has 0 saturated carbocycles. The molecule has 0 fully saturated rings. The van der Waals surface area contributed by atoms with Crippen LogP contribution in [0.15, 0.2) is 97.1 Å². The van der Waals surface area contributed by atoms with Gasteiger partial charge in [0.05, 0.1) is 0 Å². The molecule has 0 unspecified atom stereocenters. The van der Waals surface area contributed by atoms with E-state index in [9.17, 15) is 4.79 Å². The Hall–Kier alpha value is -3.19. The lowest BCUT2D eigenvalue weighted by atomic mass is 9.69. The number of hydrogen-bond donors (Lipinski definition) is 0. The average molecular weight is 320 g/mol. The molecule has 1 nitrogen and oxygen atoms in total. The maximum Gasteiger partial charge on any atom is 0.182 e. The highest BCUT2D eigenvalue weighted by Crippen LogP contribution is 2.50. The van der Waals surface area contributed by atoms with Gasteiger partial charge in [0, 0.05) is 5.56 Å². The Balaban J connectivity index is 1.97. The van der Waals surface area contributed by atoms with Crippen molar-refractivity contribution >= 4 is 16.6 Å². The lowest BCUT2D eigenvalue weighted by Crippen LogP contribution is -2.34. The summed E-state index contributed by atoms with van der Waals surface area (Å²) in [6, 6.07) is 32.6. The second-order valence-corrected chi connectivity index (χ2v) is 6.52. The number of carbonyl (C=O) groups excluding carboxylic acids is 1. The average Bonchev–Trinajstić information content (AvgIpc) is 2.95. The minimum absolute atomic E-state index is 0.164. The summed E-state index contributed by atoms with van der Waals surface area (Å²) in [6.07, 6.45) is 0. The van der Waals surface area contributed by atoms with Gasteiger partial charge in [-0.15, -0.1) is 0 Å². The fourth-order valence-electron chi connectivity index (χ4n) is 4.28. The van der Waals surface area contributed by atoms with Crippen LogP contribution < -0.4 is 0 Å². The molecule has 4 aromatic rings. The van der Waals surface area contributed by atoms with Gasteiger partial charge in [-0.05, 0) is 27.5 Å². The van der Waals surface area contributed by atoms with Crippen LogP contribution in [0, 0.1) is 0 Å². The highest BCUT2D eigenvalue weighted by molar-refractivity contribution is 6.23. The van der Waals surface area contributed by atoms with Crippen molar-refractivity contribution < 1.29 is 4.79 Å². The second-order valence-electron chi connectivity index (χ2n) is 6.52. The van der Waals surface area contributed by atoms with E-state index in [0.29, 0.717) is 0 Å². The lowest BCUT2D eigenvalue weighted by molar-refractivity contribution is 0.0945. The monoisotopic (exact) mass is 320 g/mol. The molecule has 118 valence electrons. The topological polar surface area (TPSA) is 17.1 Å². The molecule has 0 bridgehead atoms. The first-order valence-corrected chi connectivity index (χ1v) is 8.51. The molecule has 0 aliphatic heterocycles. The van der Waals surface area contributed by atoms with Crippen molar-refractivity contribution in [3.63, 3.8) is 0 Å². The molecular formula is C24H16O. The SMILES string of the molecule is O=C1c2cccc3cccc(c23)C1(c1ccccc1)c1ccccc1. The summed E-state index contributed by atoms with van der Waals surface area (Å²) in [5.41, 5.74) is 3.18. The molecule has 1 aliphatic rings. The molecule has 25 heavy (non-hydrogen) atoms. The maximum atomic E-state index is 13.8. The molecule has 0 radical (unpaired) electrons. The zero-order chi connectivity index (χ0) is 16.9. The summed E-state index contributed by atoms with van der Waals surface area (Å²) in [7, 11) is 0. The van der Waals surface area contributed by atoms with Crippen molar-refractivity contribution in [1.82, 2.24) is 0 Å². The molecule has 1 heteroatoms. The highest BCUT2D eigenvalue weighted by atomic mass is 16.1. The Morgan fingerprint density at radius 1 is 0.560 bits per heavy atom. The Morgan fingerprint density at radius 2 is 1.12 bits per heavy atom. The van der Waals surface area contributed by atoms with Crippen molar-refractivity contribution in [2.24, 2.45) is 0 Å². The van der Waals surface area contributed by atoms with E-state index in [2.05, 4.69) is 48.5 Å². The van der Waals surface area contributed by atoms with Gasteiger partial charge in [0.2, 0.25) is 0 Å².